The fraction of sp³-hybridized carbons (Fsp3) is 0. The van der Waals surface area contributed by atoms with E-state index in [9.17, 15) is 0 Å². The van der Waals surface area contributed by atoms with Crippen LogP contribution in [0.4, 0.5) is 4.79 Å². The molecule has 0 aliphatic rings. The van der Waals surface area contributed by atoms with Crippen LogP contribution < -0.4 is 0 Å². The molecule has 0 radical (unpaired) electrons. The van der Waals surface area contributed by atoms with Gasteiger partial charge in [0, 0.05) is 0 Å². The Labute approximate surface area is 103 Å². The van der Waals surface area contributed by atoms with E-state index in [-0.39, 0.29) is 0 Å². The summed E-state index contributed by atoms with van der Waals surface area (Å²) in [5, 5.41) is 13.9. The molecule has 11 N–H and O–H groups in total. The van der Waals surface area contributed by atoms with Gasteiger partial charge in [-0.15, -0.1) is 0 Å². The van der Waals surface area contributed by atoms with Crippen LogP contribution in [-0.2, 0) is 13.7 Å². The molecule has 0 rings (SSSR count). The predicted octanol–water partition coefficient (Wildman–Crippen LogP) is -2.56. The Bertz CT molecular complexity index is 273. The number of carbonyl (C=O) groups is 1. The van der Waals surface area contributed by atoms with Crippen LogP contribution in [0.25, 0.3) is 0 Å². The van der Waals surface area contributed by atoms with Gasteiger partial charge in [-0.2, -0.15) is 0 Å². The lowest BCUT2D eigenvalue weighted by Crippen LogP contribution is -1.81. The maximum Gasteiger partial charge on any atom is 0.503 e. The molecule has 0 atom stereocenters. The molecule has 0 saturated heterocycles. The first-order chi connectivity index (χ1) is 7.73. The zero-order valence-electron chi connectivity index (χ0n) is 8.39. The molecule has 0 heterocycles. The molecule has 0 spiro atoms. The molecule has 0 unspecified atom stereocenters. The minimum absolute atomic E-state index is 1.83. The zero-order chi connectivity index (χ0) is 17.1. The van der Waals surface area contributed by atoms with Gasteiger partial charge in [0.2, 0.25) is 0 Å². The Morgan fingerprint density at radius 1 is 0.526 bits per heavy atom. The molecule has 0 saturated carbocycles. The number of carboxylic acid groups (broad SMARTS) is 2. The normalized spacial score (nSPS) is 10.6. The fourth-order valence-corrected chi connectivity index (χ4v) is 0. The summed E-state index contributed by atoms with van der Waals surface area (Å²) in [5.74, 6) is 0. The van der Waals surface area contributed by atoms with Crippen molar-refractivity contribution >= 4 is 29.6 Å². The highest BCUT2D eigenvalue weighted by molar-refractivity contribution is 7.45. The third-order valence-corrected chi connectivity index (χ3v) is 0. The van der Waals surface area contributed by atoms with Crippen molar-refractivity contribution in [3.8, 4) is 0 Å². The van der Waals surface area contributed by atoms with Gasteiger partial charge in [-0.1, -0.05) is 0 Å². The fourth-order valence-electron chi connectivity index (χ4n) is 0. The molecule has 0 fully saturated rings. The maximum atomic E-state index is 8.88. The van der Waals surface area contributed by atoms with Gasteiger partial charge in [0.25, 0.3) is 0 Å². The summed E-state index contributed by atoms with van der Waals surface area (Å²) in [5.41, 5.74) is 0. The van der Waals surface area contributed by atoms with Gasteiger partial charge >= 0.3 is 29.6 Å². The van der Waals surface area contributed by atoms with Crippen molar-refractivity contribution < 1.29 is 72.7 Å². The highest BCUT2D eigenvalue weighted by atomic mass is 31.2. The van der Waals surface area contributed by atoms with E-state index >= 15 is 0 Å². The first kappa shape index (κ1) is 27.0. The van der Waals surface area contributed by atoms with Crippen LogP contribution in [0.3, 0.4) is 0 Å². The Morgan fingerprint density at radius 2 is 0.526 bits per heavy atom. The number of hydrogen-bond acceptors (Lipinski definition) is 4. The monoisotopic (exact) mass is 356 g/mol. The topological polar surface area (TPSA) is 291 Å². The van der Waals surface area contributed by atoms with E-state index in [1.54, 1.807) is 0 Å². The van der Waals surface area contributed by atoms with E-state index in [1.165, 1.54) is 0 Å². The van der Waals surface area contributed by atoms with E-state index in [4.69, 9.17) is 72.7 Å². The van der Waals surface area contributed by atoms with Crippen molar-refractivity contribution in [1.82, 2.24) is 0 Å². The Hall–Kier alpha value is -0.400. The van der Waals surface area contributed by atoms with Gasteiger partial charge < -0.3 is 54.3 Å². The van der Waals surface area contributed by atoms with Crippen LogP contribution in [0.5, 0.6) is 0 Å². The third-order valence-electron chi connectivity index (χ3n) is 0. The summed E-state index contributed by atoms with van der Waals surface area (Å²) in [6.07, 6.45) is -1.83. The number of rotatable bonds is 0. The van der Waals surface area contributed by atoms with E-state index in [2.05, 4.69) is 0 Å². The highest BCUT2D eigenvalue weighted by Crippen LogP contribution is 2.26. The molecule has 0 bridgehead atoms. The standard InChI is InChI=1S/CH2O3.3H3O4P/c2-1(3)4;3*1-5(2,3)4/h(H2,2,3,4);3*(H3,1,2,3,4). The molecule has 0 aromatic heterocycles. The lowest BCUT2D eigenvalue weighted by molar-refractivity contribution is 0.136. The Kier molecular flexibility index (Phi) is 16.3. The van der Waals surface area contributed by atoms with Crippen LogP contribution in [0.15, 0.2) is 0 Å². The van der Waals surface area contributed by atoms with Gasteiger partial charge in [0.05, 0.1) is 0 Å². The molecule has 0 amide bonds. The van der Waals surface area contributed by atoms with Crippen LogP contribution in [-0.4, -0.2) is 60.4 Å². The van der Waals surface area contributed by atoms with Gasteiger partial charge in [-0.05, 0) is 0 Å². The summed E-state index contributed by atoms with van der Waals surface area (Å²) < 4.78 is 26.6. The van der Waals surface area contributed by atoms with Crippen LogP contribution in [0, 0.1) is 0 Å². The Balaban J connectivity index is -0.0000000793. The number of hydrogen-bond donors (Lipinski definition) is 11. The minimum atomic E-state index is -4.64. The largest absolute Gasteiger partial charge is 0.503 e. The van der Waals surface area contributed by atoms with Crippen LogP contribution in [0.2, 0.25) is 0 Å². The molecular formula is CH11O15P3. The van der Waals surface area contributed by atoms with E-state index < -0.39 is 29.6 Å². The average Bonchev–Trinajstić information content (AvgIpc) is 1.66. The van der Waals surface area contributed by atoms with Crippen molar-refractivity contribution in [1.29, 1.82) is 0 Å². The van der Waals surface area contributed by atoms with Crippen molar-refractivity contribution in [2.75, 3.05) is 0 Å². The summed E-state index contributed by atoms with van der Waals surface area (Å²) in [7, 11) is -13.9. The molecule has 15 nitrogen and oxygen atoms in total. The second kappa shape index (κ2) is 11.4. The highest BCUT2D eigenvalue weighted by Gasteiger charge is 2.01. The molecule has 19 heavy (non-hydrogen) atoms. The summed E-state index contributed by atoms with van der Waals surface area (Å²) >= 11 is 0. The molecule has 0 aromatic rings. The van der Waals surface area contributed by atoms with Crippen molar-refractivity contribution in [3.63, 3.8) is 0 Å². The summed E-state index contributed by atoms with van der Waals surface area (Å²) in [4.78, 5) is 73.2. The Morgan fingerprint density at radius 3 is 0.526 bits per heavy atom. The van der Waals surface area contributed by atoms with Gasteiger partial charge in [0.15, 0.2) is 0 Å². The van der Waals surface area contributed by atoms with Crippen molar-refractivity contribution in [2.24, 2.45) is 0 Å². The minimum Gasteiger partial charge on any atom is -0.450 e. The lowest BCUT2D eigenvalue weighted by atomic mass is 11.5. The van der Waals surface area contributed by atoms with Crippen molar-refractivity contribution in [2.45, 2.75) is 0 Å². The van der Waals surface area contributed by atoms with E-state index in [0.29, 0.717) is 0 Å². The summed E-state index contributed by atoms with van der Waals surface area (Å²) in [6.45, 7) is 0. The molecule has 120 valence electrons. The maximum absolute atomic E-state index is 8.88. The number of phosphoric acid groups is 3. The molecule has 0 aliphatic carbocycles. The smallest absolute Gasteiger partial charge is 0.450 e. The van der Waals surface area contributed by atoms with Gasteiger partial charge in [-0.25, -0.2) is 18.5 Å². The van der Waals surface area contributed by atoms with Crippen LogP contribution in [0.1, 0.15) is 0 Å². The second-order valence-corrected chi connectivity index (χ2v) is 4.90. The van der Waals surface area contributed by atoms with Crippen LogP contribution >= 0.6 is 23.5 Å². The van der Waals surface area contributed by atoms with E-state index in [0.717, 1.165) is 0 Å². The molecular weight excluding hydrogens is 345 g/mol. The SMILES string of the molecule is O=C(O)O.O=P(O)(O)O.O=P(O)(O)O.O=P(O)(O)O. The first-order valence-corrected chi connectivity index (χ1v) is 7.69. The lowest BCUT2D eigenvalue weighted by Gasteiger charge is -1.82. The van der Waals surface area contributed by atoms with Gasteiger partial charge in [0.1, 0.15) is 0 Å². The third kappa shape index (κ3) is 26800. The molecule has 0 aromatic carbocycles. The first-order valence-electron chi connectivity index (χ1n) is 3.00. The molecule has 18 heteroatoms. The van der Waals surface area contributed by atoms with Crippen molar-refractivity contribution in [3.05, 3.63) is 0 Å². The quantitative estimate of drug-likeness (QED) is 0.199. The summed E-state index contributed by atoms with van der Waals surface area (Å²) in [6, 6.07) is 0. The van der Waals surface area contributed by atoms with Gasteiger partial charge in [-0.3, -0.25) is 0 Å². The predicted molar refractivity (Wildman–Crippen MR) is 53.4 cm³/mol. The zero-order valence-corrected chi connectivity index (χ0v) is 11.1. The van der Waals surface area contributed by atoms with E-state index in [1.807, 2.05) is 0 Å². The second-order valence-electron chi connectivity index (χ2n) is 1.82. The average molecular weight is 356 g/mol. The molecule has 0 aliphatic heterocycles.